The minimum Gasteiger partial charge on any atom is -0.494 e. The number of benzene rings is 4. The fraction of sp³-hybridized carbons (Fsp3) is 0.500. The molecule has 16 nitrogen and oxygen atoms in total. The van der Waals surface area contributed by atoms with Gasteiger partial charge in [-0.15, -0.1) is 0 Å². The second-order valence-corrected chi connectivity index (χ2v) is 26.7. The molecule has 0 spiro atoms. The molecule has 6 aromatic rings. The highest BCUT2D eigenvalue weighted by Crippen LogP contribution is 2.49. The van der Waals surface area contributed by atoms with E-state index in [1.54, 1.807) is 13.8 Å². The van der Waals surface area contributed by atoms with E-state index in [1.165, 1.54) is 38.5 Å². The molecule has 0 bridgehead atoms. The molecule has 2 saturated heterocycles. The van der Waals surface area contributed by atoms with Gasteiger partial charge in [-0.3, -0.25) is 18.7 Å². The lowest BCUT2D eigenvalue weighted by Crippen LogP contribution is -2.38. The zero-order valence-corrected chi connectivity index (χ0v) is 47.5. The number of H-pyrrole nitrogens is 2. The lowest BCUT2D eigenvalue weighted by Gasteiger charge is -2.27. The Hall–Kier alpha value is -5.28. The first-order chi connectivity index (χ1) is 37.7. The summed E-state index contributed by atoms with van der Waals surface area (Å²) >= 11 is 0. The third-order valence-electron chi connectivity index (χ3n) is 15.2. The Balaban J connectivity index is 0.939. The number of carbonyl (C=O) groups is 2. The van der Waals surface area contributed by atoms with Gasteiger partial charge >= 0.3 is 11.9 Å². The van der Waals surface area contributed by atoms with Gasteiger partial charge in [0.15, 0.2) is 0 Å². The van der Waals surface area contributed by atoms with Crippen molar-refractivity contribution in [3.8, 4) is 22.6 Å². The summed E-state index contributed by atoms with van der Waals surface area (Å²) in [5.41, 5.74) is 5.53. The van der Waals surface area contributed by atoms with Crippen LogP contribution in [-0.2, 0) is 53.8 Å². The number of fused-ring (bicyclic) bond motifs is 2. The number of hydrogen-bond acceptors (Lipinski definition) is 10. The van der Waals surface area contributed by atoms with Gasteiger partial charge in [0, 0.05) is 34.2 Å². The molecule has 0 radical (unpaired) electrons. The molecular formula is C60H82N6O10P2. The van der Waals surface area contributed by atoms with E-state index in [2.05, 4.69) is 30.8 Å². The van der Waals surface area contributed by atoms with Crippen molar-refractivity contribution in [1.29, 1.82) is 0 Å². The van der Waals surface area contributed by atoms with E-state index in [0.29, 0.717) is 36.6 Å². The summed E-state index contributed by atoms with van der Waals surface area (Å²) in [5, 5.41) is 35.6. The van der Waals surface area contributed by atoms with Crippen LogP contribution < -0.4 is 30.3 Å². The van der Waals surface area contributed by atoms with Crippen LogP contribution in [0, 0.1) is 11.8 Å². The first-order valence-electron chi connectivity index (χ1n) is 28.3. The molecule has 4 unspecified atom stereocenters. The molecule has 8 rings (SSSR count). The molecule has 4 heterocycles. The molecule has 2 aromatic heterocycles. The van der Waals surface area contributed by atoms with Crippen molar-refractivity contribution in [2.45, 2.75) is 135 Å². The monoisotopic (exact) mass is 1110 g/mol. The summed E-state index contributed by atoms with van der Waals surface area (Å²) in [7, 11) is -7.38. The quantitative estimate of drug-likeness (QED) is 0.0145. The average molecular weight is 1110 g/mol. The smallest absolute Gasteiger partial charge is 0.321 e. The average Bonchev–Trinajstić information content (AvgIpc) is 4.07. The van der Waals surface area contributed by atoms with E-state index in [9.17, 15) is 28.9 Å². The SMILES string of the molecule is CCCP(=O)(NC(Cc1ccc(OCCCCC2CCNCC2)cc1)C(=O)O)OCc1cc2ccc(-c3cc(OCCCCC4CCNCC4)ccc3CC(NP(=O)(OCc3cc4ccccc4[nH]3)C(C)C)C(=O)O)cc2[nH]1. The molecule has 2 aliphatic heterocycles. The van der Waals surface area contributed by atoms with Crippen LogP contribution in [0.3, 0.4) is 0 Å². The van der Waals surface area contributed by atoms with E-state index in [0.717, 1.165) is 114 Å². The summed E-state index contributed by atoms with van der Waals surface area (Å²) in [4.78, 5) is 32.5. The maximum Gasteiger partial charge on any atom is 0.321 e. The first-order valence-corrected chi connectivity index (χ1v) is 31.8. The molecule has 18 heteroatoms. The highest BCUT2D eigenvalue weighted by molar-refractivity contribution is 7.57. The Morgan fingerprint density at radius 3 is 1.83 bits per heavy atom. The Kier molecular flexibility index (Phi) is 21.7. The van der Waals surface area contributed by atoms with Crippen LogP contribution in [-0.4, -0.2) is 95.4 Å². The summed E-state index contributed by atoms with van der Waals surface area (Å²) in [5.74, 6) is 0.630. The van der Waals surface area contributed by atoms with Gasteiger partial charge in [-0.05, 0) is 190 Å². The van der Waals surface area contributed by atoms with Crippen molar-refractivity contribution < 1.29 is 47.5 Å². The molecule has 8 N–H and O–H groups in total. The molecule has 0 saturated carbocycles. The zero-order valence-electron chi connectivity index (χ0n) is 45.7. The number of ether oxygens (including phenoxy) is 2. The molecule has 4 atom stereocenters. The van der Waals surface area contributed by atoms with Crippen LogP contribution in [0.1, 0.15) is 114 Å². The van der Waals surface area contributed by atoms with Crippen molar-refractivity contribution in [3.05, 3.63) is 120 Å². The number of hydrogen-bond donors (Lipinski definition) is 8. The fourth-order valence-corrected chi connectivity index (χ4v) is 14.3. The Morgan fingerprint density at radius 1 is 0.641 bits per heavy atom. The van der Waals surface area contributed by atoms with Gasteiger partial charge in [0.05, 0.1) is 26.4 Å². The second kappa shape index (κ2) is 28.7. The molecule has 4 aromatic carbocycles. The minimum absolute atomic E-state index is 0.00193. The van der Waals surface area contributed by atoms with Crippen LogP contribution >= 0.6 is 15.0 Å². The molecule has 2 fully saturated rings. The fourth-order valence-electron chi connectivity index (χ4n) is 10.7. The van der Waals surface area contributed by atoms with Crippen molar-refractivity contribution in [2.75, 3.05) is 45.6 Å². The number of carboxylic acids is 2. The van der Waals surface area contributed by atoms with E-state index >= 15 is 0 Å². The molecule has 0 aliphatic carbocycles. The molecule has 422 valence electrons. The van der Waals surface area contributed by atoms with E-state index in [4.69, 9.17) is 18.5 Å². The predicted molar refractivity (Wildman–Crippen MR) is 310 cm³/mol. The topological polar surface area (TPSA) is 225 Å². The summed E-state index contributed by atoms with van der Waals surface area (Å²) in [6, 6.07) is 28.2. The Bertz CT molecular complexity index is 2930. The number of piperidine rings is 2. The lowest BCUT2D eigenvalue weighted by molar-refractivity contribution is -0.139. The van der Waals surface area contributed by atoms with Gasteiger partial charge in [-0.25, -0.2) is 10.2 Å². The van der Waals surface area contributed by atoms with Crippen molar-refractivity contribution >= 4 is 48.8 Å². The van der Waals surface area contributed by atoms with Gasteiger partial charge in [-0.2, -0.15) is 0 Å². The summed E-state index contributed by atoms with van der Waals surface area (Å²) in [6.07, 6.45) is 12.1. The van der Waals surface area contributed by atoms with Gasteiger partial charge in [0.2, 0.25) is 0 Å². The van der Waals surface area contributed by atoms with Crippen LogP contribution in [0.2, 0.25) is 0 Å². The predicted octanol–water partition coefficient (Wildman–Crippen LogP) is 12.2. The number of carboxylic acid groups (broad SMARTS) is 2. The third-order valence-corrected chi connectivity index (χ3v) is 20.1. The zero-order chi connectivity index (χ0) is 54.9. The van der Waals surface area contributed by atoms with Gasteiger partial charge in [0.1, 0.15) is 23.6 Å². The number of aliphatic carboxylic acids is 2. The molecule has 78 heavy (non-hydrogen) atoms. The Morgan fingerprint density at radius 2 is 1.22 bits per heavy atom. The van der Waals surface area contributed by atoms with Crippen molar-refractivity contribution in [2.24, 2.45) is 11.8 Å². The second-order valence-electron chi connectivity index (χ2n) is 21.6. The van der Waals surface area contributed by atoms with Crippen LogP contribution in [0.4, 0.5) is 0 Å². The highest BCUT2D eigenvalue weighted by Gasteiger charge is 2.35. The van der Waals surface area contributed by atoms with Crippen LogP contribution in [0.25, 0.3) is 32.9 Å². The maximum absolute atomic E-state index is 14.5. The minimum atomic E-state index is -3.72. The van der Waals surface area contributed by atoms with Crippen LogP contribution in [0.15, 0.2) is 97.1 Å². The Labute approximate surface area is 459 Å². The maximum atomic E-state index is 14.5. The number of aromatic nitrogens is 2. The number of nitrogens with one attached hydrogen (secondary N) is 6. The van der Waals surface area contributed by atoms with E-state index in [1.807, 2.05) is 104 Å². The molecule has 0 amide bonds. The lowest BCUT2D eigenvalue weighted by atomic mass is 9.93. The van der Waals surface area contributed by atoms with Gasteiger partial charge < -0.3 is 49.3 Å². The molecule has 2 aliphatic rings. The third kappa shape index (κ3) is 17.1. The van der Waals surface area contributed by atoms with E-state index < -0.39 is 44.7 Å². The largest absolute Gasteiger partial charge is 0.494 e. The van der Waals surface area contributed by atoms with E-state index in [-0.39, 0.29) is 32.2 Å². The van der Waals surface area contributed by atoms with Crippen molar-refractivity contribution in [3.63, 3.8) is 0 Å². The van der Waals surface area contributed by atoms with Crippen LogP contribution in [0.5, 0.6) is 11.5 Å². The normalized spacial score (nSPS) is 17.0. The number of unbranched alkanes of at least 4 members (excludes halogenated alkanes) is 2. The molecular weight excluding hydrogens is 1030 g/mol. The van der Waals surface area contributed by atoms with Crippen molar-refractivity contribution in [1.82, 2.24) is 30.8 Å². The number of aromatic amines is 2. The number of para-hydroxylation sites is 1. The standard InChI is InChI=1S/C60H82N6O10P2/c1-4-33-77(71,65-57(59(67)68)34-45-15-20-52(21-16-45)73-31-9-7-11-43-23-27-61-28-24-43)75-40-50-36-49-18-17-46(37-56(49)64-50)54-39-53(74-32-10-8-12-44-25-29-62-30-26-44)22-19-47(54)38-58(60(69)70)66-78(72,42(2)3)76-41-51-35-48-13-5-6-14-55(48)63-51/h5-6,13-22,35-37,39,42-44,57-58,61-64H,4,7-12,23-34,38,40-41H2,1-3H3,(H,65,71)(H,66,72)(H,67,68)(H,69,70). The van der Waals surface area contributed by atoms with Gasteiger partial charge in [-0.1, -0.05) is 82.1 Å². The highest BCUT2D eigenvalue weighted by atomic mass is 31.2. The summed E-state index contributed by atoms with van der Waals surface area (Å²) < 4.78 is 53.5. The van der Waals surface area contributed by atoms with Gasteiger partial charge in [0.25, 0.3) is 15.0 Å². The summed E-state index contributed by atoms with van der Waals surface area (Å²) in [6.45, 7) is 10.9. The first kappa shape index (κ1) is 58.9. The number of rotatable bonds is 32.